The van der Waals surface area contributed by atoms with E-state index in [0.29, 0.717) is 0 Å². The Hall–Kier alpha value is -8.46. The Morgan fingerprint density at radius 2 is 0.681 bits per heavy atom. The maximum Gasteiger partial charge on any atom is 0.0713 e. The highest BCUT2D eigenvalue weighted by Gasteiger charge is 2.47. The second kappa shape index (κ2) is 14.8. The lowest BCUT2D eigenvalue weighted by Gasteiger charge is -2.34. The number of hydrogen-bond donors (Lipinski definition) is 0. The van der Waals surface area contributed by atoms with Gasteiger partial charge in [0.25, 0.3) is 0 Å². The summed E-state index contributed by atoms with van der Waals surface area (Å²) < 4.78 is 4.79. The first-order valence-electron chi connectivity index (χ1n) is 24.2. The largest absolute Gasteiger partial charge is 0.343 e. The fraction of sp³-hybridized carbons (Fsp3) is 0.0746. The van der Waals surface area contributed by atoms with Crippen molar-refractivity contribution < 1.29 is 0 Å². The number of rotatable bonds is 5. The van der Waals surface area contributed by atoms with E-state index in [2.05, 4.69) is 255 Å². The summed E-state index contributed by atoms with van der Waals surface area (Å²) in [5, 5.41) is 10.0. The van der Waals surface area contributed by atoms with E-state index in [1.54, 1.807) is 0 Å². The highest BCUT2D eigenvalue weighted by Crippen LogP contribution is 2.59. The first-order chi connectivity index (χ1) is 33.9. The van der Waals surface area contributed by atoms with Gasteiger partial charge in [-0.1, -0.05) is 211 Å². The summed E-state index contributed by atoms with van der Waals surface area (Å²) in [4.78, 5) is 0. The van der Waals surface area contributed by atoms with Crippen LogP contribution in [-0.2, 0) is 19.5 Å². The minimum Gasteiger partial charge on any atom is -0.343 e. The van der Waals surface area contributed by atoms with Gasteiger partial charge >= 0.3 is 0 Å². The van der Waals surface area contributed by atoms with E-state index < -0.39 is 5.41 Å². The highest BCUT2D eigenvalue weighted by molar-refractivity contribution is 6.24. The van der Waals surface area contributed by atoms with Gasteiger partial charge in [0.15, 0.2) is 0 Å². The summed E-state index contributed by atoms with van der Waals surface area (Å²) in [5.41, 5.74) is 22.1. The summed E-state index contributed by atoms with van der Waals surface area (Å²) in [6.07, 6.45) is 0. The predicted molar refractivity (Wildman–Crippen MR) is 293 cm³/mol. The van der Waals surface area contributed by atoms with Crippen LogP contribution in [0, 0.1) is 13.8 Å². The molecule has 2 heterocycles. The van der Waals surface area contributed by atoms with Crippen molar-refractivity contribution in [3.63, 3.8) is 0 Å². The molecular weight excluding hydrogens is 833 g/mol. The van der Waals surface area contributed by atoms with Crippen molar-refractivity contribution in [3.8, 4) is 44.5 Å². The Labute approximate surface area is 402 Å². The third-order valence-corrected chi connectivity index (χ3v) is 15.8. The topological polar surface area (TPSA) is 9.86 Å². The molecule has 2 aromatic heterocycles. The van der Waals surface area contributed by atoms with E-state index in [4.69, 9.17) is 0 Å². The number of hydrogen-bond acceptors (Lipinski definition) is 0. The molecule has 0 saturated heterocycles. The van der Waals surface area contributed by atoms with Crippen molar-refractivity contribution in [1.29, 1.82) is 0 Å². The third-order valence-electron chi connectivity index (χ3n) is 15.8. The molecule has 2 heteroatoms. The number of fused-ring (bicyclic) bond motifs is 11. The summed E-state index contributed by atoms with van der Waals surface area (Å²) >= 11 is 0. The van der Waals surface area contributed by atoms with Gasteiger partial charge < -0.3 is 9.13 Å². The molecule has 326 valence electrons. The lowest BCUT2D eigenvalue weighted by atomic mass is 9.67. The maximum atomic E-state index is 2.52. The summed E-state index contributed by atoms with van der Waals surface area (Å²) in [6.45, 7) is 4.37. The van der Waals surface area contributed by atoms with E-state index >= 15 is 0 Å². The minimum atomic E-state index is -0.533. The normalized spacial score (nSPS) is 13.0. The fourth-order valence-corrected chi connectivity index (χ4v) is 12.8. The van der Waals surface area contributed by atoms with Crippen LogP contribution in [0.25, 0.3) is 110 Å². The van der Waals surface area contributed by atoms with Crippen LogP contribution in [0.5, 0.6) is 0 Å². The number of nitrogens with zero attached hydrogens (tertiary/aromatic N) is 2. The van der Waals surface area contributed by atoms with Gasteiger partial charge in [-0.2, -0.15) is 0 Å². The van der Waals surface area contributed by atoms with Gasteiger partial charge in [0.1, 0.15) is 0 Å². The standard InChI is InChI=1S/C67H48N2/c1-41-32-36-43(37-33-41)67(44-38-34-42(2)35-39-44)59-28-8-5-18-55(59)64-56(27-15-29-60(64)67)63-49-21-11-19-45(51-23-13-25-53-47-16-6-9-30-61(47)68(3)65(51)53)57(49)40-58-46(20-12-22-50(58)63)52-24-14-26-54-48-17-7-10-31-62(48)69(4)66(52)54/h5-40H,1-4H3. The maximum absolute atomic E-state index is 2.52. The molecule has 0 bridgehead atoms. The summed E-state index contributed by atoms with van der Waals surface area (Å²) in [6, 6.07) is 82.8. The number of para-hydroxylation sites is 4. The van der Waals surface area contributed by atoms with Crippen LogP contribution in [0.4, 0.5) is 0 Å². The lowest BCUT2D eigenvalue weighted by molar-refractivity contribution is 0.767. The average Bonchev–Trinajstić information content (AvgIpc) is 3.99. The smallest absolute Gasteiger partial charge is 0.0713 e. The van der Waals surface area contributed by atoms with Crippen LogP contribution in [0.15, 0.2) is 218 Å². The zero-order valence-electron chi connectivity index (χ0n) is 39.2. The average molecular weight is 881 g/mol. The molecule has 2 nitrogen and oxygen atoms in total. The van der Waals surface area contributed by atoms with Crippen molar-refractivity contribution >= 4 is 65.2 Å². The Kier molecular flexibility index (Phi) is 8.49. The number of aromatic nitrogens is 2. The van der Waals surface area contributed by atoms with E-state index in [-0.39, 0.29) is 0 Å². The lowest BCUT2D eigenvalue weighted by Crippen LogP contribution is -2.28. The molecule has 0 N–H and O–H groups in total. The fourth-order valence-electron chi connectivity index (χ4n) is 12.8. The van der Waals surface area contributed by atoms with Crippen molar-refractivity contribution in [2.45, 2.75) is 19.3 Å². The first kappa shape index (κ1) is 39.7. The Balaban J connectivity index is 1.15. The molecule has 69 heavy (non-hydrogen) atoms. The number of aryl methyl sites for hydroxylation is 4. The Morgan fingerprint density at radius 1 is 0.290 bits per heavy atom. The van der Waals surface area contributed by atoms with Crippen LogP contribution >= 0.6 is 0 Å². The van der Waals surface area contributed by atoms with Crippen LogP contribution in [-0.4, -0.2) is 9.13 Å². The Bertz CT molecular complexity index is 4050. The Morgan fingerprint density at radius 3 is 1.22 bits per heavy atom. The van der Waals surface area contributed by atoms with Crippen molar-refractivity contribution in [2.75, 3.05) is 0 Å². The molecule has 14 rings (SSSR count). The second-order valence-electron chi connectivity index (χ2n) is 19.4. The monoisotopic (exact) mass is 880 g/mol. The van der Waals surface area contributed by atoms with Gasteiger partial charge in [0.05, 0.1) is 16.4 Å². The predicted octanol–water partition coefficient (Wildman–Crippen LogP) is 17.3. The number of benzene rings is 11. The van der Waals surface area contributed by atoms with Crippen molar-refractivity contribution in [1.82, 2.24) is 9.13 Å². The van der Waals surface area contributed by atoms with Crippen molar-refractivity contribution in [3.05, 3.63) is 252 Å². The van der Waals surface area contributed by atoms with E-state index in [1.807, 2.05) is 0 Å². The highest BCUT2D eigenvalue weighted by atomic mass is 14.9. The van der Waals surface area contributed by atoms with Crippen LogP contribution in [0.2, 0.25) is 0 Å². The minimum absolute atomic E-state index is 0.533. The molecule has 0 unspecified atom stereocenters. The molecular formula is C67H48N2. The van der Waals surface area contributed by atoms with Crippen LogP contribution < -0.4 is 0 Å². The van der Waals surface area contributed by atoms with Crippen LogP contribution in [0.1, 0.15) is 33.4 Å². The molecule has 0 aliphatic heterocycles. The van der Waals surface area contributed by atoms with Gasteiger partial charge in [0, 0.05) is 57.8 Å². The van der Waals surface area contributed by atoms with Gasteiger partial charge in [-0.25, -0.2) is 0 Å². The summed E-state index contributed by atoms with van der Waals surface area (Å²) in [5.74, 6) is 0. The zero-order chi connectivity index (χ0) is 46.1. The molecule has 1 aliphatic rings. The third kappa shape index (κ3) is 5.43. The second-order valence-corrected chi connectivity index (χ2v) is 19.4. The molecule has 0 fully saturated rings. The molecule has 0 amide bonds. The SMILES string of the molecule is Cc1ccc(C2(c3ccc(C)cc3)c3ccccc3-c3c(-c4c5cccc(-c6cccc7c8ccccc8n(C)c67)c5cc5c(-c6cccc7c8ccccc8n(C)c67)cccc45)cccc32)cc1. The quantitative estimate of drug-likeness (QED) is 0.152. The zero-order valence-corrected chi connectivity index (χ0v) is 39.2. The van der Waals surface area contributed by atoms with Crippen LogP contribution in [0.3, 0.4) is 0 Å². The molecule has 0 spiro atoms. The van der Waals surface area contributed by atoms with Gasteiger partial charge in [-0.05, 0) is 109 Å². The molecule has 0 saturated carbocycles. The van der Waals surface area contributed by atoms with E-state index in [0.717, 1.165) is 0 Å². The van der Waals surface area contributed by atoms with E-state index in [9.17, 15) is 0 Å². The molecule has 13 aromatic rings. The van der Waals surface area contributed by atoms with Gasteiger partial charge in [0.2, 0.25) is 0 Å². The summed E-state index contributed by atoms with van der Waals surface area (Å²) in [7, 11) is 4.45. The van der Waals surface area contributed by atoms with Gasteiger partial charge in [-0.15, -0.1) is 0 Å². The van der Waals surface area contributed by atoms with Gasteiger partial charge in [-0.3, -0.25) is 0 Å². The molecule has 0 atom stereocenters. The molecule has 1 aliphatic carbocycles. The first-order valence-corrected chi connectivity index (χ1v) is 24.2. The van der Waals surface area contributed by atoms with Crippen molar-refractivity contribution in [2.24, 2.45) is 14.1 Å². The molecule has 0 radical (unpaired) electrons. The molecule has 11 aromatic carbocycles. The van der Waals surface area contributed by atoms with E-state index in [1.165, 1.54) is 143 Å².